The Kier molecular flexibility index (Phi) is 3.47. The molecule has 1 aliphatic carbocycles. The van der Waals surface area contributed by atoms with Crippen molar-refractivity contribution in [1.29, 1.82) is 0 Å². The molecule has 2 aromatic heterocycles. The minimum absolute atomic E-state index is 0.0154. The van der Waals surface area contributed by atoms with E-state index >= 15 is 0 Å². The number of rotatable bonds is 4. The highest BCUT2D eigenvalue weighted by Gasteiger charge is 2.25. The minimum Gasteiger partial charge on any atom is -0.342 e. The Labute approximate surface area is 117 Å². The summed E-state index contributed by atoms with van der Waals surface area (Å²) in [5.74, 6) is -0.163. The Morgan fingerprint density at radius 2 is 2.40 bits per heavy atom. The van der Waals surface area contributed by atoms with Crippen molar-refractivity contribution in [3.63, 3.8) is 0 Å². The molecule has 6 nitrogen and oxygen atoms in total. The minimum atomic E-state index is -0.163. The number of nitrogens with two attached hydrogens (primary N) is 1. The number of nitrogens with zero attached hydrogens (tertiary/aromatic N) is 3. The zero-order chi connectivity index (χ0) is 13.9. The van der Waals surface area contributed by atoms with Crippen molar-refractivity contribution < 1.29 is 4.79 Å². The van der Waals surface area contributed by atoms with Gasteiger partial charge in [-0.1, -0.05) is 6.07 Å². The smallest absolute Gasteiger partial charge is 0.272 e. The summed E-state index contributed by atoms with van der Waals surface area (Å²) in [6.45, 7) is 1.11. The number of aryl methyl sites for hydroxylation is 1. The Hall–Kier alpha value is -2.21. The molecule has 0 bridgehead atoms. The van der Waals surface area contributed by atoms with Gasteiger partial charge in [-0.3, -0.25) is 14.5 Å². The molecule has 0 radical (unpaired) electrons. The highest BCUT2D eigenvalue weighted by molar-refractivity contribution is 5.92. The fourth-order valence-corrected chi connectivity index (χ4v) is 2.52. The van der Waals surface area contributed by atoms with E-state index in [1.54, 1.807) is 23.1 Å². The zero-order valence-electron chi connectivity index (χ0n) is 11.1. The number of fused-ring (bicyclic) bond motifs is 1. The van der Waals surface area contributed by atoms with Crippen molar-refractivity contribution in [1.82, 2.24) is 20.1 Å². The van der Waals surface area contributed by atoms with Gasteiger partial charge in [-0.25, -0.2) is 0 Å². The van der Waals surface area contributed by atoms with Crippen molar-refractivity contribution in [2.24, 2.45) is 5.73 Å². The molecular formula is C14H17N5O. The molecule has 3 rings (SSSR count). The lowest BCUT2D eigenvalue weighted by atomic mass is 10.2. The molecule has 20 heavy (non-hydrogen) atoms. The number of carbonyl (C=O) groups is 1. The SMILES string of the molecule is NCCn1ccc(C(=O)NC2CCc3cccnc32)n1. The van der Waals surface area contributed by atoms with E-state index in [9.17, 15) is 4.79 Å². The standard InChI is InChI=1S/C14H17N5O/c15-6-9-19-8-5-12(18-19)14(20)17-11-4-3-10-2-1-7-16-13(10)11/h1-2,5,7-8,11H,3-4,6,9,15H2,(H,17,20). The van der Waals surface area contributed by atoms with Crippen LogP contribution in [0.3, 0.4) is 0 Å². The van der Waals surface area contributed by atoms with E-state index in [0.717, 1.165) is 18.5 Å². The molecule has 0 saturated heterocycles. The van der Waals surface area contributed by atoms with Crippen LogP contribution in [0, 0.1) is 0 Å². The molecular weight excluding hydrogens is 254 g/mol. The van der Waals surface area contributed by atoms with Gasteiger partial charge in [-0.15, -0.1) is 0 Å². The largest absolute Gasteiger partial charge is 0.342 e. The molecule has 1 unspecified atom stereocenters. The van der Waals surface area contributed by atoms with Crippen molar-refractivity contribution in [3.8, 4) is 0 Å². The summed E-state index contributed by atoms with van der Waals surface area (Å²) in [6, 6.07) is 5.68. The third-order valence-electron chi connectivity index (χ3n) is 3.50. The molecule has 2 aromatic rings. The van der Waals surface area contributed by atoms with E-state index in [0.29, 0.717) is 18.8 Å². The predicted octanol–water partition coefficient (Wildman–Crippen LogP) is 0.654. The summed E-state index contributed by atoms with van der Waals surface area (Å²) in [5, 5.41) is 7.20. The van der Waals surface area contributed by atoms with Gasteiger partial charge in [0.1, 0.15) is 5.69 Å². The number of hydrogen-bond acceptors (Lipinski definition) is 4. The van der Waals surface area contributed by atoms with Gasteiger partial charge in [0.15, 0.2) is 0 Å². The lowest BCUT2D eigenvalue weighted by molar-refractivity contribution is 0.0930. The van der Waals surface area contributed by atoms with E-state index in [4.69, 9.17) is 5.73 Å². The van der Waals surface area contributed by atoms with Gasteiger partial charge in [-0.05, 0) is 30.5 Å². The van der Waals surface area contributed by atoms with E-state index in [2.05, 4.69) is 21.5 Å². The van der Waals surface area contributed by atoms with Gasteiger partial charge in [0.25, 0.3) is 5.91 Å². The van der Waals surface area contributed by atoms with E-state index in [1.165, 1.54) is 5.56 Å². The first-order valence-corrected chi connectivity index (χ1v) is 6.76. The van der Waals surface area contributed by atoms with E-state index in [1.807, 2.05) is 6.07 Å². The van der Waals surface area contributed by atoms with Crippen molar-refractivity contribution in [3.05, 3.63) is 47.5 Å². The Balaban J connectivity index is 1.70. The molecule has 104 valence electrons. The summed E-state index contributed by atoms with van der Waals surface area (Å²) >= 11 is 0. The van der Waals surface area contributed by atoms with Gasteiger partial charge >= 0.3 is 0 Å². The average molecular weight is 271 g/mol. The maximum atomic E-state index is 12.2. The molecule has 2 heterocycles. The third kappa shape index (κ3) is 2.42. The number of aromatic nitrogens is 3. The number of amides is 1. The number of carbonyl (C=O) groups excluding carboxylic acids is 1. The summed E-state index contributed by atoms with van der Waals surface area (Å²) in [4.78, 5) is 16.5. The molecule has 1 atom stereocenters. The molecule has 0 spiro atoms. The number of pyridine rings is 1. The summed E-state index contributed by atoms with van der Waals surface area (Å²) in [7, 11) is 0. The normalized spacial score (nSPS) is 16.9. The van der Waals surface area contributed by atoms with Crippen LogP contribution in [0.5, 0.6) is 0 Å². The molecule has 3 N–H and O–H groups in total. The van der Waals surface area contributed by atoms with Crippen LogP contribution in [0.25, 0.3) is 0 Å². The lowest BCUT2D eigenvalue weighted by Crippen LogP contribution is -2.28. The van der Waals surface area contributed by atoms with Crippen LogP contribution >= 0.6 is 0 Å². The molecule has 6 heteroatoms. The molecule has 0 saturated carbocycles. The molecule has 1 aliphatic rings. The van der Waals surface area contributed by atoms with E-state index in [-0.39, 0.29) is 11.9 Å². The number of hydrogen-bond donors (Lipinski definition) is 2. The predicted molar refractivity (Wildman–Crippen MR) is 74.0 cm³/mol. The number of nitrogens with one attached hydrogen (secondary N) is 1. The zero-order valence-corrected chi connectivity index (χ0v) is 11.1. The highest BCUT2D eigenvalue weighted by atomic mass is 16.2. The van der Waals surface area contributed by atoms with Crippen LogP contribution in [0.4, 0.5) is 0 Å². The van der Waals surface area contributed by atoms with Crippen LogP contribution in [0.2, 0.25) is 0 Å². The van der Waals surface area contributed by atoms with Crippen molar-refractivity contribution >= 4 is 5.91 Å². The maximum absolute atomic E-state index is 12.2. The highest BCUT2D eigenvalue weighted by Crippen LogP contribution is 2.28. The monoisotopic (exact) mass is 271 g/mol. The fourth-order valence-electron chi connectivity index (χ4n) is 2.52. The van der Waals surface area contributed by atoms with Crippen LogP contribution in [0.15, 0.2) is 30.6 Å². The second kappa shape index (κ2) is 5.42. The Bertz CT molecular complexity index is 622. The quantitative estimate of drug-likeness (QED) is 0.855. The van der Waals surface area contributed by atoms with Crippen LogP contribution in [-0.4, -0.2) is 27.2 Å². The second-order valence-electron chi connectivity index (χ2n) is 4.87. The van der Waals surface area contributed by atoms with Gasteiger partial charge < -0.3 is 11.1 Å². The summed E-state index contributed by atoms with van der Waals surface area (Å²) in [6.07, 6.45) is 5.37. The molecule has 0 aromatic carbocycles. The Morgan fingerprint density at radius 3 is 3.25 bits per heavy atom. The van der Waals surface area contributed by atoms with Crippen molar-refractivity contribution in [2.45, 2.75) is 25.4 Å². The van der Waals surface area contributed by atoms with Crippen LogP contribution < -0.4 is 11.1 Å². The molecule has 0 fully saturated rings. The topological polar surface area (TPSA) is 85.8 Å². The summed E-state index contributed by atoms with van der Waals surface area (Å²) in [5.41, 5.74) is 8.07. The third-order valence-corrected chi connectivity index (χ3v) is 3.50. The van der Waals surface area contributed by atoms with Crippen LogP contribution in [0.1, 0.15) is 34.2 Å². The maximum Gasteiger partial charge on any atom is 0.272 e. The van der Waals surface area contributed by atoms with Gasteiger partial charge in [-0.2, -0.15) is 5.10 Å². The fraction of sp³-hybridized carbons (Fsp3) is 0.357. The van der Waals surface area contributed by atoms with Gasteiger partial charge in [0.2, 0.25) is 0 Å². The van der Waals surface area contributed by atoms with E-state index < -0.39 is 0 Å². The first kappa shape index (κ1) is 12.8. The lowest BCUT2D eigenvalue weighted by Gasteiger charge is -2.11. The molecule has 0 aliphatic heterocycles. The van der Waals surface area contributed by atoms with Gasteiger partial charge in [0.05, 0.1) is 18.3 Å². The second-order valence-corrected chi connectivity index (χ2v) is 4.87. The summed E-state index contributed by atoms with van der Waals surface area (Å²) < 4.78 is 1.68. The first-order valence-electron chi connectivity index (χ1n) is 6.76. The van der Waals surface area contributed by atoms with Gasteiger partial charge in [0, 0.05) is 18.9 Å². The van der Waals surface area contributed by atoms with Crippen molar-refractivity contribution in [2.75, 3.05) is 6.54 Å². The molecule has 1 amide bonds. The van der Waals surface area contributed by atoms with Crippen LogP contribution in [-0.2, 0) is 13.0 Å². The Morgan fingerprint density at radius 1 is 1.50 bits per heavy atom. The average Bonchev–Trinajstić information content (AvgIpc) is 3.07. The first-order chi connectivity index (χ1) is 9.78.